The van der Waals surface area contributed by atoms with Crippen molar-refractivity contribution in [3.63, 3.8) is 0 Å². The highest BCUT2D eigenvalue weighted by Gasteiger charge is 2.06. The minimum Gasteiger partial charge on any atom is -0.375 e. The van der Waals surface area contributed by atoms with Gasteiger partial charge in [-0.2, -0.15) is 5.10 Å². The Bertz CT molecular complexity index is 659. The molecule has 0 aliphatic heterocycles. The van der Waals surface area contributed by atoms with Crippen molar-refractivity contribution in [2.45, 2.75) is 13.5 Å². The number of rotatable bonds is 4. The fourth-order valence-corrected chi connectivity index (χ4v) is 2.48. The first kappa shape index (κ1) is 11.9. The van der Waals surface area contributed by atoms with Gasteiger partial charge in [-0.1, -0.05) is 0 Å². The van der Waals surface area contributed by atoms with Crippen LogP contribution < -0.4 is 5.32 Å². The average molecular weight is 271 g/mol. The number of nitrogens with zero attached hydrogens (tertiary/aromatic N) is 4. The molecule has 3 aromatic rings. The van der Waals surface area contributed by atoms with Crippen molar-refractivity contribution in [2.24, 2.45) is 0 Å². The molecule has 0 saturated heterocycles. The van der Waals surface area contributed by atoms with Crippen LogP contribution in [0.15, 0.2) is 42.2 Å². The van der Waals surface area contributed by atoms with E-state index in [0.717, 1.165) is 22.2 Å². The van der Waals surface area contributed by atoms with E-state index < -0.39 is 0 Å². The predicted molar refractivity (Wildman–Crippen MR) is 75.5 cm³/mol. The Kier molecular flexibility index (Phi) is 3.24. The van der Waals surface area contributed by atoms with E-state index >= 15 is 0 Å². The third-order valence-corrected chi connectivity index (χ3v) is 3.57. The lowest BCUT2D eigenvalue weighted by atomic mass is 10.3. The van der Waals surface area contributed by atoms with Crippen molar-refractivity contribution < 1.29 is 0 Å². The first-order chi connectivity index (χ1) is 9.33. The number of thiazole rings is 1. The van der Waals surface area contributed by atoms with E-state index in [0.29, 0.717) is 6.54 Å². The summed E-state index contributed by atoms with van der Waals surface area (Å²) in [5.41, 5.74) is 2.00. The normalized spacial score (nSPS) is 10.6. The van der Waals surface area contributed by atoms with Gasteiger partial charge in [0.05, 0.1) is 12.2 Å². The molecule has 96 valence electrons. The van der Waals surface area contributed by atoms with E-state index in [4.69, 9.17) is 0 Å². The van der Waals surface area contributed by atoms with E-state index in [-0.39, 0.29) is 0 Å². The lowest BCUT2D eigenvalue weighted by Crippen LogP contribution is -2.06. The molecular formula is C13H13N5S. The van der Waals surface area contributed by atoms with E-state index in [2.05, 4.69) is 25.8 Å². The molecule has 0 amide bonds. The van der Waals surface area contributed by atoms with Crippen LogP contribution in [-0.4, -0.2) is 19.7 Å². The Balaban J connectivity index is 1.81. The van der Waals surface area contributed by atoms with Gasteiger partial charge in [0.1, 0.15) is 5.01 Å². The molecule has 0 atom stereocenters. The van der Waals surface area contributed by atoms with Crippen molar-refractivity contribution in [3.8, 4) is 5.82 Å². The second-order valence-corrected chi connectivity index (χ2v) is 5.00. The molecule has 19 heavy (non-hydrogen) atoms. The van der Waals surface area contributed by atoms with Gasteiger partial charge in [-0.25, -0.2) is 14.6 Å². The Labute approximate surface area is 115 Å². The van der Waals surface area contributed by atoms with Crippen LogP contribution in [0.1, 0.15) is 10.7 Å². The molecule has 0 aliphatic carbocycles. The van der Waals surface area contributed by atoms with Gasteiger partial charge in [0.25, 0.3) is 0 Å². The third-order valence-electron chi connectivity index (χ3n) is 2.60. The maximum atomic E-state index is 4.43. The number of nitrogens with one attached hydrogen (secondary N) is 1. The summed E-state index contributed by atoms with van der Waals surface area (Å²) in [5, 5.41) is 10.7. The van der Waals surface area contributed by atoms with Crippen LogP contribution in [-0.2, 0) is 6.54 Å². The molecule has 0 aliphatic rings. The summed E-state index contributed by atoms with van der Waals surface area (Å²) in [4.78, 5) is 8.79. The largest absolute Gasteiger partial charge is 0.375 e. The summed E-state index contributed by atoms with van der Waals surface area (Å²) in [6, 6.07) is 5.77. The summed E-state index contributed by atoms with van der Waals surface area (Å²) >= 11 is 1.66. The molecule has 0 aromatic carbocycles. The lowest BCUT2D eigenvalue weighted by Gasteiger charge is -2.09. The maximum absolute atomic E-state index is 4.43. The number of pyridine rings is 1. The smallest absolute Gasteiger partial charge is 0.176 e. The molecule has 1 N–H and O–H groups in total. The Hall–Kier alpha value is -2.21. The summed E-state index contributed by atoms with van der Waals surface area (Å²) in [6.07, 6.45) is 5.37. The maximum Gasteiger partial charge on any atom is 0.176 e. The van der Waals surface area contributed by atoms with Crippen LogP contribution in [0.5, 0.6) is 0 Å². The fraction of sp³-hybridized carbons (Fsp3) is 0.154. The Morgan fingerprint density at radius 1 is 1.32 bits per heavy atom. The molecule has 3 aromatic heterocycles. The van der Waals surface area contributed by atoms with Gasteiger partial charge in [-0.15, -0.1) is 11.3 Å². The van der Waals surface area contributed by atoms with Gasteiger partial charge in [-0.3, -0.25) is 0 Å². The molecule has 0 saturated carbocycles. The minimum absolute atomic E-state index is 0.693. The second kappa shape index (κ2) is 5.19. The zero-order chi connectivity index (χ0) is 13.1. The van der Waals surface area contributed by atoms with Crippen molar-refractivity contribution in [1.82, 2.24) is 19.7 Å². The van der Waals surface area contributed by atoms with Crippen molar-refractivity contribution in [1.29, 1.82) is 0 Å². The topological polar surface area (TPSA) is 55.6 Å². The highest BCUT2D eigenvalue weighted by atomic mass is 32.1. The summed E-state index contributed by atoms with van der Waals surface area (Å²) in [5.74, 6) is 0.792. The molecule has 3 rings (SSSR count). The number of aromatic nitrogens is 4. The van der Waals surface area contributed by atoms with Crippen molar-refractivity contribution >= 4 is 17.0 Å². The standard InChI is InChI=1S/C13H13N5S/c1-10-9-19-12(17-10)8-15-11-4-2-5-14-13(11)18-7-3-6-16-18/h2-7,9,15H,8H2,1H3. The SMILES string of the molecule is Cc1csc(CNc2cccnc2-n2cccn2)n1. The summed E-state index contributed by atoms with van der Waals surface area (Å²) in [6.45, 7) is 2.69. The first-order valence-electron chi connectivity index (χ1n) is 5.93. The van der Waals surface area contributed by atoms with Crippen LogP contribution in [0.25, 0.3) is 5.82 Å². The van der Waals surface area contributed by atoms with Crippen LogP contribution in [0.3, 0.4) is 0 Å². The summed E-state index contributed by atoms with van der Waals surface area (Å²) < 4.78 is 1.75. The first-order valence-corrected chi connectivity index (χ1v) is 6.81. The monoisotopic (exact) mass is 271 g/mol. The zero-order valence-electron chi connectivity index (χ0n) is 10.4. The van der Waals surface area contributed by atoms with E-state index in [9.17, 15) is 0 Å². The number of hydrogen-bond acceptors (Lipinski definition) is 5. The minimum atomic E-state index is 0.693. The quantitative estimate of drug-likeness (QED) is 0.792. The van der Waals surface area contributed by atoms with Gasteiger partial charge >= 0.3 is 0 Å². The van der Waals surface area contributed by atoms with E-state index in [1.165, 1.54) is 0 Å². The van der Waals surface area contributed by atoms with Crippen LogP contribution in [0, 0.1) is 6.92 Å². The number of aryl methyl sites for hydroxylation is 1. The van der Waals surface area contributed by atoms with Gasteiger partial charge < -0.3 is 5.32 Å². The Morgan fingerprint density at radius 2 is 2.26 bits per heavy atom. The Morgan fingerprint density at radius 3 is 3.00 bits per heavy atom. The fourth-order valence-electron chi connectivity index (χ4n) is 1.77. The average Bonchev–Trinajstić information content (AvgIpc) is 3.08. The molecule has 6 heteroatoms. The van der Waals surface area contributed by atoms with E-state index in [1.54, 1.807) is 28.4 Å². The van der Waals surface area contributed by atoms with Crippen LogP contribution >= 0.6 is 11.3 Å². The van der Waals surface area contributed by atoms with Crippen LogP contribution in [0.2, 0.25) is 0 Å². The van der Waals surface area contributed by atoms with Gasteiger partial charge in [0.2, 0.25) is 0 Å². The molecule has 0 spiro atoms. The second-order valence-electron chi connectivity index (χ2n) is 4.06. The molecule has 3 heterocycles. The van der Waals surface area contributed by atoms with Crippen LogP contribution in [0.4, 0.5) is 5.69 Å². The molecule has 0 radical (unpaired) electrons. The van der Waals surface area contributed by atoms with Gasteiger partial charge in [0, 0.05) is 29.7 Å². The van der Waals surface area contributed by atoms with E-state index in [1.807, 2.05) is 31.3 Å². The van der Waals surface area contributed by atoms with Gasteiger partial charge in [0.15, 0.2) is 5.82 Å². The lowest BCUT2D eigenvalue weighted by molar-refractivity contribution is 0.846. The third kappa shape index (κ3) is 2.63. The predicted octanol–water partition coefficient (Wildman–Crippen LogP) is 2.64. The highest BCUT2D eigenvalue weighted by molar-refractivity contribution is 7.09. The molecule has 0 unspecified atom stereocenters. The molecule has 0 bridgehead atoms. The van der Waals surface area contributed by atoms with Crippen molar-refractivity contribution in [3.05, 3.63) is 52.9 Å². The van der Waals surface area contributed by atoms with Gasteiger partial charge in [-0.05, 0) is 25.1 Å². The zero-order valence-corrected chi connectivity index (χ0v) is 11.3. The molecular weight excluding hydrogens is 258 g/mol. The number of hydrogen-bond donors (Lipinski definition) is 1. The van der Waals surface area contributed by atoms with Crippen molar-refractivity contribution in [2.75, 3.05) is 5.32 Å². The highest BCUT2D eigenvalue weighted by Crippen LogP contribution is 2.18. The molecule has 5 nitrogen and oxygen atoms in total. The molecule has 0 fully saturated rings. The number of anilines is 1. The summed E-state index contributed by atoms with van der Waals surface area (Å²) in [7, 11) is 0.